The first kappa shape index (κ1) is 26.5. The van der Waals surface area contributed by atoms with E-state index in [4.69, 9.17) is 14.2 Å². The topological polar surface area (TPSA) is 27.7 Å². The highest BCUT2D eigenvalue weighted by molar-refractivity contribution is 9.10. The Morgan fingerprint density at radius 3 is 1.29 bits per heavy atom. The molecular formula is C26H36Br2O3. The van der Waals surface area contributed by atoms with Crippen LogP contribution in [0.3, 0.4) is 0 Å². The van der Waals surface area contributed by atoms with Crippen molar-refractivity contribution in [3.05, 3.63) is 66.6 Å². The second-order valence-corrected chi connectivity index (χ2v) is 11.9. The molecule has 0 aliphatic rings. The average Bonchev–Trinajstić information content (AvgIpc) is 2.61. The molecule has 0 amide bonds. The molecule has 0 unspecified atom stereocenters. The van der Waals surface area contributed by atoms with Crippen LogP contribution in [0, 0.1) is 13.8 Å². The molecule has 0 bridgehead atoms. The van der Waals surface area contributed by atoms with Crippen molar-refractivity contribution in [1.29, 1.82) is 0 Å². The Labute approximate surface area is 205 Å². The highest BCUT2D eigenvalue weighted by atomic mass is 79.9. The highest BCUT2D eigenvalue weighted by Crippen LogP contribution is 2.33. The number of ether oxygens (including phenoxy) is 3. The minimum Gasteiger partial charge on any atom is -0.351 e. The summed E-state index contributed by atoms with van der Waals surface area (Å²) in [7, 11) is 0. The molecule has 0 saturated heterocycles. The molecule has 2 rings (SSSR count). The zero-order valence-electron chi connectivity index (χ0n) is 20.1. The lowest BCUT2D eigenvalue weighted by Crippen LogP contribution is -2.17. The van der Waals surface area contributed by atoms with Gasteiger partial charge in [0.15, 0.2) is 0 Å². The molecule has 0 fully saturated rings. The Morgan fingerprint density at radius 1 is 0.613 bits per heavy atom. The van der Waals surface area contributed by atoms with Gasteiger partial charge in [-0.25, -0.2) is 0 Å². The molecule has 0 N–H and O–H groups in total. The number of hydrogen-bond donors (Lipinski definition) is 0. The summed E-state index contributed by atoms with van der Waals surface area (Å²) < 4.78 is 19.3. The summed E-state index contributed by atoms with van der Waals surface area (Å²) >= 11 is 7.39. The lowest BCUT2D eigenvalue weighted by molar-refractivity contribution is -0.139. The Kier molecular flexibility index (Phi) is 9.36. The van der Waals surface area contributed by atoms with Crippen LogP contribution in [0.25, 0.3) is 0 Å². The van der Waals surface area contributed by atoms with Crippen LogP contribution >= 0.6 is 31.9 Å². The van der Waals surface area contributed by atoms with Gasteiger partial charge in [0.1, 0.15) is 13.6 Å². The van der Waals surface area contributed by atoms with Gasteiger partial charge in [-0.15, -0.1) is 0 Å². The lowest BCUT2D eigenvalue weighted by Gasteiger charge is -2.25. The average molecular weight is 556 g/mol. The van der Waals surface area contributed by atoms with Gasteiger partial charge in [-0.2, -0.15) is 0 Å². The van der Waals surface area contributed by atoms with Crippen molar-refractivity contribution in [1.82, 2.24) is 0 Å². The van der Waals surface area contributed by atoms with Gasteiger partial charge in [-0.3, -0.25) is 0 Å². The fraction of sp³-hybridized carbons (Fsp3) is 0.538. The van der Waals surface area contributed by atoms with Crippen LogP contribution in [0.2, 0.25) is 0 Å². The minimum absolute atomic E-state index is 0.0450. The first-order chi connectivity index (χ1) is 14.3. The molecule has 5 heteroatoms. The molecule has 172 valence electrons. The second kappa shape index (κ2) is 10.9. The molecule has 0 spiro atoms. The van der Waals surface area contributed by atoms with Crippen molar-refractivity contribution in [3.8, 4) is 0 Å². The molecule has 2 aromatic rings. The first-order valence-electron chi connectivity index (χ1n) is 10.6. The Morgan fingerprint density at radius 2 is 0.968 bits per heavy atom. The predicted molar refractivity (Wildman–Crippen MR) is 136 cm³/mol. The maximum atomic E-state index is 5.80. The first-order valence-corrected chi connectivity index (χ1v) is 12.2. The van der Waals surface area contributed by atoms with Crippen LogP contribution in [-0.2, 0) is 38.3 Å². The maximum absolute atomic E-state index is 5.80. The molecule has 0 radical (unpaired) electrons. The van der Waals surface area contributed by atoms with E-state index in [-0.39, 0.29) is 24.4 Å². The van der Waals surface area contributed by atoms with E-state index in [0.717, 1.165) is 8.95 Å². The highest BCUT2D eigenvalue weighted by Gasteiger charge is 2.21. The van der Waals surface area contributed by atoms with Crippen LogP contribution in [0.4, 0.5) is 0 Å². The third-order valence-electron chi connectivity index (χ3n) is 5.12. The molecule has 0 saturated carbocycles. The van der Waals surface area contributed by atoms with E-state index in [9.17, 15) is 0 Å². The van der Waals surface area contributed by atoms with Crippen LogP contribution in [0.5, 0.6) is 0 Å². The molecule has 0 aliphatic carbocycles. The third-order valence-corrected chi connectivity index (χ3v) is 6.54. The summed E-state index contributed by atoms with van der Waals surface area (Å²) in [6.07, 6.45) is 0. The van der Waals surface area contributed by atoms with Crippen LogP contribution in [-0.4, -0.2) is 13.6 Å². The quantitative estimate of drug-likeness (QED) is 0.243. The summed E-state index contributed by atoms with van der Waals surface area (Å²) in [6.45, 7) is 18.9. The summed E-state index contributed by atoms with van der Waals surface area (Å²) in [4.78, 5) is 0. The van der Waals surface area contributed by atoms with Crippen molar-refractivity contribution in [3.63, 3.8) is 0 Å². The molecule has 0 aliphatic heterocycles. The Hall–Kier alpha value is -0.720. The summed E-state index contributed by atoms with van der Waals surface area (Å²) in [6, 6.07) is 8.73. The van der Waals surface area contributed by atoms with Crippen LogP contribution in [0.15, 0.2) is 33.2 Å². The Bertz CT molecular complexity index is 819. The molecule has 3 nitrogen and oxygen atoms in total. The Balaban J connectivity index is 1.88. The maximum Gasteiger partial charge on any atom is 0.150 e. The normalized spacial score (nSPS) is 12.5. The minimum atomic E-state index is 0.0450. The fourth-order valence-corrected chi connectivity index (χ4v) is 4.99. The van der Waals surface area contributed by atoms with Gasteiger partial charge in [0.05, 0.1) is 13.2 Å². The lowest BCUT2D eigenvalue weighted by atomic mass is 9.83. The molecule has 0 atom stereocenters. The van der Waals surface area contributed by atoms with Gasteiger partial charge in [-0.05, 0) is 70.2 Å². The van der Waals surface area contributed by atoms with E-state index in [1.165, 1.54) is 33.4 Å². The van der Waals surface area contributed by atoms with Gasteiger partial charge in [-0.1, -0.05) is 85.5 Å². The second-order valence-electron chi connectivity index (χ2n) is 10.2. The predicted octanol–water partition coefficient (Wildman–Crippen LogP) is 8.09. The molecular weight excluding hydrogens is 520 g/mol. The fourth-order valence-electron chi connectivity index (χ4n) is 3.62. The third kappa shape index (κ3) is 7.68. The summed E-state index contributed by atoms with van der Waals surface area (Å²) in [5.41, 5.74) is 7.47. The number of rotatable bonds is 8. The van der Waals surface area contributed by atoms with E-state index >= 15 is 0 Å². The van der Waals surface area contributed by atoms with Crippen molar-refractivity contribution >= 4 is 31.9 Å². The molecule has 0 aromatic heterocycles. The van der Waals surface area contributed by atoms with E-state index in [1.807, 2.05) is 0 Å². The monoisotopic (exact) mass is 554 g/mol. The van der Waals surface area contributed by atoms with Crippen molar-refractivity contribution in [2.75, 3.05) is 13.6 Å². The summed E-state index contributed by atoms with van der Waals surface area (Å²) in [5.74, 6) is 0. The van der Waals surface area contributed by atoms with Crippen LogP contribution in [0.1, 0.15) is 74.9 Å². The van der Waals surface area contributed by atoms with Crippen molar-refractivity contribution in [2.24, 2.45) is 0 Å². The van der Waals surface area contributed by atoms with E-state index in [2.05, 4.69) is 112 Å². The number of aryl methyl sites for hydroxylation is 2. The van der Waals surface area contributed by atoms with E-state index in [0.29, 0.717) is 13.2 Å². The zero-order valence-corrected chi connectivity index (χ0v) is 23.3. The summed E-state index contributed by atoms with van der Waals surface area (Å²) in [5, 5.41) is 0. The number of benzene rings is 2. The van der Waals surface area contributed by atoms with Gasteiger partial charge < -0.3 is 14.2 Å². The number of halogens is 2. The standard InChI is InChI=1S/C26H36Br2O3/c1-17-9-21(25(3,4)5)19(23(27)11-17)13-29-15-31-16-30-14-20-22(26(6,7)8)10-18(2)12-24(20)28/h9-12H,13-16H2,1-8H3. The van der Waals surface area contributed by atoms with Crippen molar-refractivity contribution in [2.45, 2.75) is 79.4 Å². The molecule has 0 heterocycles. The van der Waals surface area contributed by atoms with Gasteiger partial charge >= 0.3 is 0 Å². The van der Waals surface area contributed by atoms with Gasteiger partial charge in [0, 0.05) is 8.95 Å². The zero-order chi connectivity index (χ0) is 23.4. The molecule has 31 heavy (non-hydrogen) atoms. The van der Waals surface area contributed by atoms with Crippen LogP contribution < -0.4 is 0 Å². The van der Waals surface area contributed by atoms with E-state index in [1.54, 1.807) is 0 Å². The molecule has 2 aromatic carbocycles. The SMILES string of the molecule is Cc1cc(Br)c(COCOCOCc2c(Br)cc(C)cc2C(C)(C)C)c(C(C)(C)C)c1. The largest absolute Gasteiger partial charge is 0.351 e. The van der Waals surface area contributed by atoms with Gasteiger partial charge in [0.2, 0.25) is 0 Å². The van der Waals surface area contributed by atoms with Crippen molar-refractivity contribution < 1.29 is 14.2 Å². The smallest absolute Gasteiger partial charge is 0.150 e. The number of hydrogen-bond acceptors (Lipinski definition) is 3. The van der Waals surface area contributed by atoms with Gasteiger partial charge in [0.25, 0.3) is 0 Å². The van der Waals surface area contributed by atoms with E-state index < -0.39 is 0 Å².